The van der Waals surface area contributed by atoms with Gasteiger partial charge in [-0.15, -0.1) is 0 Å². The van der Waals surface area contributed by atoms with Gasteiger partial charge >= 0.3 is 0 Å². The zero-order valence-corrected chi connectivity index (χ0v) is 10.3. The lowest BCUT2D eigenvalue weighted by atomic mass is 10.2. The summed E-state index contributed by atoms with van der Waals surface area (Å²) in [6.07, 6.45) is 5.80. The van der Waals surface area contributed by atoms with Crippen LogP contribution in [-0.2, 0) is 6.42 Å². The number of nitrogens with one attached hydrogen (secondary N) is 2. The molecule has 2 N–H and O–H groups in total. The minimum absolute atomic E-state index is 0.447. The van der Waals surface area contributed by atoms with Crippen LogP contribution >= 0.6 is 11.3 Å². The molecule has 0 bridgehead atoms. The summed E-state index contributed by atoms with van der Waals surface area (Å²) in [6.45, 7) is 3.23. The first-order valence-electron chi connectivity index (χ1n) is 5.60. The number of aromatic amines is 1. The van der Waals surface area contributed by atoms with Crippen LogP contribution < -0.4 is 5.32 Å². The van der Waals surface area contributed by atoms with Crippen molar-refractivity contribution in [1.82, 2.24) is 15.3 Å². The maximum atomic E-state index is 4.20. The topological polar surface area (TPSA) is 40.7 Å². The molecular weight excluding hydrogens is 218 g/mol. The van der Waals surface area contributed by atoms with Crippen molar-refractivity contribution in [2.45, 2.75) is 25.8 Å². The summed E-state index contributed by atoms with van der Waals surface area (Å²) in [4.78, 5) is 7.32. The number of aromatic nitrogens is 2. The summed E-state index contributed by atoms with van der Waals surface area (Å²) in [5, 5.41) is 7.83. The second kappa shape index (κ2) is 5.82. The van der Waals surface area contributed by atoms with Crippen LogP contribution in [0.5, 0.6) is 0 Å². The van der Waals surface area contributed by atoms with Gasteiger partial charge in [0.2, 0.25) is 0 Å². The van der Waals surface area contributed by atoms with Crippen LogP contribution in [0.1, 0.15) is 30.8 Å². The highest BCUT2D eigenvalue weighted by Gasteiger charge is 2.04. The minimum atomic E-state index is 0.447. The van der Waals surface area contributed by atoms with Crippen LogP contribution in [0.4, 0.5) is 0 Å². The molecule has 1 atom stereocenters. The summed E-state index contributed by atoms with van der Waals surface area (Å²) < 4.78 is 0. The van der Waals surface area contributed by atoms with E-state index in [9.17, 15) is 0 Å². The number of nitrogens with zero attached hydrogens (tertiary/aromatic N) is 1. The van der Waals surface area contributed by atoms with Crippen molar-refractivity contribution < 1.29 is 0 Å². The zero-order valence-electron chi connectivity index (χ0n) is 9.44. The van der Waals surface area contributed by atoms with Gasteiger partial charge in [-0.25, -0.2) is 4.98 Å². The molecule has 3 nitrogen and oxygen atoms in total. The smallest absolute Gasteiger partial charge is 0.106 e. The molecule has 0 spiro atoms. The Morgan fingerprint density at radius 3 is 3.19 bits per heavy atom. The molecular formula is C12H17N3S. The van der Waals surface area contributed by atoms with Gasteiger partial charge in [0.25, 0.3) is 0 Å². The Bertz CT molecular complexity index is 380. The molecule has 0 aliphatic rings. The Kier molecular flexibility index (Phi) is 4.13. The maximum Gasteiger partial charge on any atom is 0.106 e. The highest BCUT2D eigenvalue weighted by atomic mass is 32.1. The Morgan fingerprint density at radius 1 is 1.56 bits per heavy atom. The van der Waals surface area contributed by atoms with Crippen molar-refractivity contribution in [3.05, 3.63) is 40.6 Å². The molecule has 4 heteroatoms. The normalized spacial score (nSPS) is 12.8. The predicted molar refractivity (Wildman–Crippen MR) is 67.6 cm³/mol. The van der Waals surface area contributed by atoms with E-state index < -0.39 is 0 Å². The van der Waals surface area contributed by atoms with Gasteiger partial charge in [-0.05, 0) is 42.3 Å². The lowest BCUT2D eigenvalue weighted by Gasteiger charge is -2.11. The summed E-state index contributed by atoms with van der Waals surface area (Å²) in [5.41, 5.74) is 1.38. The first-order chi connectivity index (χ1) is 7.86. The Labute approximate surface area is 99.9 Å². The van der Waals surface area contributed by atoms with E-state index in [2.05, 4.69) is 39.0 Å². The number of aryl methyl sites for hydroxylation is 1. The van der Waals surface area contributed by atoms with Gasteiger partial charge in [-0.1, -0.05) is 0 Å². The molecule has 0 fully saturated rings. The Morgan fingerprint density at radius 2 is 2.50 bits per heavy atom. The molecule has 86 valence electrons. The number of imidazole rings is 1. The van der Waals surface area contributed by atoms with Crippen molar-refractivity contribution in [2.24, 2.45) is 0 Å². The average molecular weight is 235 g/mol. The van der Waals surface area contributed by atoms with E-state index in [1.165, 1.54) is 5.56 Å². The van der Waals surface area contributed by atoms with Crippen LogP contribution in [0.2, 0.25) is 0 Å². The molecule has 2 rings (SSSR count). The Balaban J connectivity index is 1.65. The second-order valence-corrected chi connectivity index (χ2v) is 4.65. The fraction of sp³-hybridized carbons (Fsp3) is 0.417. The third-order valence-corrected chi connectivity index (χ3v) is 3.34. The van der Waals surface area contributed by atoms with Crippen LogP contribution in [0, 0.1) is 0 Å². The summed E-state index contributed by atoms with van der Waals surface area (Å²) in [5.74, 6) is 1.07. The number of rotatable bonds is 6. The van der Waals surface area contributed by atoms with Crippen molar-refractivity contribution in [1.29, 1.82) is 0 Å². The van der Waals surface area contributed by atoms with Gasteiger partial charge in [0.1, 0.15) is 5.82 Å². The number of hydrogen-bond acceptors (Lipinski definition) is 3. The van der Waals surface area contributed by atoms with E-state index in [4.69, 9.17) is 0 Å². The van der Waals surface area contributed by atoms with E-state index in [1.807, 2.05) is 6.20 Å². The predicted octanol–water partition coefficient (Wildman–Crippen LogP) is 2.75. The van der Waals surface area contributed by atoms with Gasteiger partial charge in [-0.3, -0.25) is 0 Å². The van der Waals surface area contributed by atoms with Crippen molar-refractivity contribution in [3.63, 3.8) is 0 Å². The van der Waals surface area contributed by atoms with E-state index in [-0.39, 0.29) is 0 Å². The molecule has 0 aliphatic heterocycles. The SMILES string of the molecule is CC(NCCCc1ncc[nH]1)c1ccsc1. The molecule has 0 saturated carbocycles. The molecule has 0 radical (unpaired) electrons. The number of hydrogen-bond donors (Lipinski definition) is 2. The molecule has 1 unspecified atom stereocenters. The van der Waals surface area contributed by atoms with Crippen LogP contribution in [0.25, 0.3) is 0 Å². The first kappa shape index (κ1) is 11.4. The molecule has 0 aliphatic carbocycles. The molecule has 2 aromatic heterocycles. The highest BCUT2D eigenvalue weighted by molar-refractivity contribution is 7.07. The Hall–Kier alpha value is -1.13. The molecule has 0 amide bonds. The van der Waals surface area contributed by atoms with Gasteiger partial charge < -0.3 is 10.3 Å². The van der Waals surface area contributed by atoms with E-state index in [0.29, 0.717) is 6.04 Å². The largest absolute Gasteiger partial charge is 0.349 e. The first-order valence-corrected chi connectivity index (χ1v) is 6.54. The molecule has 0 aromatic carbocycles. The van der Waals surface area contributed by atoms with Crippen molar-refractivity contribution in [2.75, 3.05) is 6.54 Å². The second-order valence-electron chi connectivity index (χ2n) is 3.87. The van der Waals surface area contributed by atoms with E-state index >= 15 is 0 Å². The minimum Gasteiger partial charge on any atom is -0.349 e. The van der Waals surface area contributed by atoms with Gasteiger partial charge in [0.15, 0.2) is 0 Å². The van der Waals surface area contributed by atoms with Gasteiger partial charge in [0.05, 0.1) is 0 Å². The number of H-pyrrole nitrogens is 1. The molecule has 16 heavy (non-hydrogen) atoms. The lowest BCUT2D eigenvalue weighted by molar-refractivity contribution is 0.556. The van der Waals surface area contributed by atoms with E-state index in [1.54, 1.807) is 17.5 Å². The molecule has 0 saturated heterocycles. The van der Waals surface area contributed by atoms with Gasteiger partial charge in [-0.2, -0.15) is 11.3 Å². The summed E-state index contributed by atoms with van der Waals surface area (Å²) in [7, 11) is 0. The fourth-order valence-corrected chi connectivity index (χ4v) is 2.40. The monoisotopic (exact) mass is 235 g/mol. The van der Waals surface area contributed by atoms with Crippen molar-refractivity contribution >= 4 is 11.3 Å². The molecule has 2 aromatic rings. The third kappa shape index (κ3) is 3.18. The van der Waals surface area contributed by atoms with E-state index in [0.717, 1.165) is 25.2 Å². The summed E-state index contributed by atoms with van der Waals surface area (Å²) in [6, 6.07) is 2.62. The van der Waals surface area contributed by atoms with Crippen LogP contribution in [-0.4, -0.2) is 16.5 Å². The highest BCUT2D eigenvalue weighted by Crippen LogP contribution is 2.15. The maximum absolute atomic E-state index is 4.20. The van der Waals surface area contributed by atoms with Gasteiger partial charge in [0, 0.05) is 24.9 Å². The lowest BCUT2D eigenvalue weighted by Crippen LogP contribution is -2.19. The number of thiophene rings is 1. The fourth-order valence-electron chi connectivity index (χ4n) is 1.65. The van der Waals surface area contributed by atoms with Crippen LogP contribution in [0.15, 0.2) is 29.2 Å². The molecule has 2 heterocycles. The van der Waals surface area contributed by atoms with Crippen LogP contribution in [0.3, 0.4) is 0 Å². The standard InChI is InChI=1S/C12H17N3S/c1-10(11-4-8-16-9-11)13-5-2-3-12-14-6-7-15-12/h4,6-10,13H,2-3,5H2,1H3,(H,14,15). The third-order valence-electron chi connectivity index (χ3n) is 2.64. The average Bonchev–Trinajstić information content (AvgIpc) is 2.96. The van der Waals surface area contributed by atoms with Crippen molar-refractivity contribution in [3.8, 4) is 0 Å². The quantitative estimate of drug-likeness (QED) is 0.756. The summed E-state index contributed by atoms with van der Waals surface area (Å²) >= 11 is 1.75. The zero-order chi connectivity index (χ0) is 11.2.